The van der Waals surface area contributed by atoms with Crippen LogP contribution < -0.4 is 10.6 Å². The van der Waals surface area contributed by atoms with E-state index in [1.807, 2.05) is 0 Å². The SMILES string of the molecule is O=C1CN(C(=O)NCc2ccc(C(=O)O)o2)CC(=O)N1. The summed E-state index contributed by atoms with van der Waals surface area (Å²) in [6, 6.07) is 2.07. The van der Waals surface area contributed by atoms with Gasteiger partial charge in [0.2, 0.25) is 17.6 Å². The van der Waals surface area contributed by atoms with Gasteiger partial charge in [0.1, 0.15) is 18.8 Å². The molecule has 1 aromatic rings. The van der Waals surface area contributed by atoms with Gasteiger partial charge in [-0.05, 0) is 12.1 Å². The highest BCUT2D eigenvalue weighted by Crippen LogP contribution is 2.07. The molecule has 9 nitrogen and oxygen atoms in total. The first-order valence-electron chi connectivity index (χ1n) is 5.63. The fourth-order valence-electron chi connectivity index (χ4n) is 1.64. The molecule has 0 aliphatic carbocycles. The number of urea groups is 1. The minimum absolute atomic E-state index is 0.0432. The molecule has 0 bridgehead atoms. The summed E-state index contributed by atoms with van der Waals surface area (Å²) < 4.78 is 4.95. The van der Waals surface area contributed by atoms with E-state index in [-0.39, 0.29) is 31.2 Å². The Hall–Kier alpha value is -2.84. The highest BCUT2D eigenvalue weighted by atomic mass is 16.4. The lowest BCUT2D eigenvalue weighted by molar-refractivity contribution is -0.134. The number of nitrogens with zero attached hydrogens (tertiary/aromatic N) is 1. The molecule has 0 spiro atoms. The number of hydrogen-bond donors (Lipinski definition) is 3. The number of aromatic carboxylic acids is 1. The molecule has 106 valence electrons. The van der Waals surface area contributed by atoms with Gasteiger partial charge < -0.3 is 19.7 Å². The van der Waals surface area contributed by atoms with Crippen LogP contribution in [0.2, 0.25) is 0 Å². The second kappa shape index (κ2) is 5.43. The van der Waals surface area contributed by atoms with Gasteiger partial charge in [0.05, 0.1) is 6.54 Å². The topological polar surface area (TPSA) is 129 Å². The van der Waals surface area contributed by atoms with Crippen molar-refractivity contribution in [2.24, 2.45) is 0 Å². The van der Waals surface area contributed by atoms with Crippen LogP contribution in [0.25, 0.3) is 0 Å². The van der Waals surface area contributed by atoms with E-state index in [4.69, 9.17) is 9.52 Å². The molecule has 0 unspecified atom stereocenters. The number of rotatable bonds is 3. The number of imide groups is 1. The lowest BCUT2D eigenvalue weighted by Crippen LogP contribution is -2.55. The third-order valence-electron chi connectivity index (χ3n) is 2.52. The number of nitrogens with one attached hydrogen (secondary N) is 2. The van der Waals surface area contributed by atoms with Crippen molar-refractivity contribution in [3.63, 3.8) is 0 Å². The summed E-state index contributed by atoms with van der Waals surface area (Å²) in [7, 11) is 0. The summed E-state index contributed by atoms with van der Waals surface area (Å²) >= 11 is 0. The molecule has 1 saturated heterocycles. The molecule has 20 heavy (non-hydrogen) atoms. The number of carboxylic acids is 1. The fourth-order valence-corrected chi connectivity index (χ4v) is 1.64. The molecule has 1 aromatic heterocycles. The van der Waals surface area contributed by atoms with Gasteiger partial charge in [0, 0.05) is 0 Å². The number of piperazine rings is 1. The number of carbonyl (C=O) groups is 4. The Bertz CT molecular complexity index is 562. The third-order valence-corrected chi connectivity index (χ3v) is 2.52. The van der Waals surface area contributed by atoms with Crippen LogP contribution in [0.4, 0.5) is 4.79 Å². The van der Waals surface area contributed by atoms with Crippen molar-refractivity contribution in [1.29, 1.82) is 0 Å². The molecule has 1 fully saturated rings. The molecule has 3 N–H and O–H groups in total. The van der Waals surface area contributed by atoms with Gasteiger partial charge in [-0.1, -0.05) is 0 Å². The Kier molecular flexibility index (Phi) is 3.69. The molecule has 0 saturated carbocycles. The van der Waals surface area contributed by atoms with Crippen molar-refractivity contribution >= 4 is 23.8 Å². The van der Waals surface area contributed by atoms with E-state index in [1.54, 1.807) is 0 Å². The molecule has 1 aliphatic heterocycles. The quantitative estimate of drug-likeness (QED) is 0.619. The molecule has 2 rings (SSSR count). The van der Waals surface area contributed by atoms with E-state index >= 15 is 0 Å². The zero-order valence-electron chi connectivity index (χ0n) is 10.2. The van der Waals surface area contributed by atoms with Crippen LogP contribution in [0, 0.1) is 0 Å². The van der Waals surface area contributed by atoms with Crippen LogP contribution in [-0.2, 0) is 16.1 Å². The summed E-state index contributed by atoms with van der Waals surface area (Å²) in [5.74, 6) is -2.30. The maximum Gasteiger partial charge on any atom is 0.371 e. The van der Waals surface area contributed by atoms with Crippen LogP contribution in [0.1, 0.15) is 16.3 Å². The Labute approximate surface area is 112 Å². The van der Waals surface area contributed by atoms with E-state index in [0.29, 0.717) is 0 Å². The lowest BCUT2D eigenvalue weighted by Gasteiger charge is -2.25. The Morgan fingerprint density at radius 2 is 1.95 bits per heavy atom. The molecule has 2 heterocycles. The van der Waals surface area contributed by atoms with Crippen molar-refractivity contribution in [2.75, 3.05) is 13.1 Å². The summed E-state index contributed by atoms with van der Waals surface area (Å²) in [5, 5.41) is 13.2. The number of carboxylic acid groups (broad SMARTS) is 1. The standard InChI is InChI=1S/C11H11N3O6/c15-8-4-14(5-9(16)13-8)11(19)12-3-6-1-2-7(20-6)10(17)18/h1-2H,3-5H2,(H,12,19)(H,17,18)(H,13,15,16). The molecular weight excluding hydrogens is 270 g/mol. The summed E-state index contributed by atoms with van der Waals surface area (Å²) in [6.45, 7) is -0.468. The van der Waals surface area contributed by atoms with Gasteiger partial charge in [-0.15, -0.1) is 0 Å². The Morgan fingerprint density at radius 1 is 1.30 bits per heavy atom. The van der Waals surface area contributed by atoms with E-state index in [2.05, 4.69) is 10.6 Å². The number of hydrogen-bond acceptors (Lipinski definition) is 5. The molecular formula is C11H11N3O6. The number of furan rings is 1. The summed E-state index contributed by atoms with van der Waals surface area (Å²) in [4.78, 5) is 45.6. The van der Waals surface area contributed by atoms with E-state index in [0.717, 1.165) is 4.90 Å². The maximum atomic E-state index is 11.7. The van der Waals surface area contributed by atoms with Gasteiger partial charge >= 0.3 is 12.0 Å². The molecule has 1 aliphatic rings. The second-order valence-corrected chi connectivity index (χ2v) is 4.06. The van der Waals surface area contributed by atoms with Crippen LogP contribution in [0.15, 0.2) is 16.5 Å². The largest absolute Gasteiger partial charge is 0.475 e. The van der Waals surface area contributed by atoms with E-state index in [1.165, 1.54) is 12.1 Å². The highest BCUT2D eigenvalue weighted by molar-refractivity contribution is 6.02. The van der Waals surface area contributed by atoms with Crippen LogP contribution in [0.5, 0.6) is 0 Å². The minimum Gasteiger partial charge on any atom is -0.475 e. The lowest BCUT2D eigenvalue weighted by atomic mass is 10.3. The zero-order valence-corrected chi connectivity index (χ0v) is 10.2. The zero-order chi connectivity index (χ0) is 14.7. The molecule has 0 aromatic carbocycles. The molecule has 9 heteroatoms. The van der Waals surface area contributed by atoms with Gasteiger partial charge in [-0.25, -0.2) is 9.59 Å². The Balaban J connectivity index is 1.89. The fraction of sp³-hybridized carbons (Fsp3) is 0.273. The number of amides is 4. The van der Waals surface area contributed by atoms with Crippen molar-refractivity contribution in [3.8, 4) is 0 Å². The van der Waals surface area contributed by atoms with Crippen molar-refractivity contribution in [3.05, 3.63) is 23.7 Å². The Morgan fingerprint density at radius 3 is 2.50 bits per heavy atom. The smallest absolute Gasteiger partial charge is 0.371 e. The first kappa shape index (κ1) is 13.6. The highest BCUT2D eigenvalue weighted by Gasteiger charge is 2.26. The van der Waals surface area contributed by atoms with Crippen LogP contribution in [-0.4, -0.2) is 46.9 Å². The molecule has 0 radical (unpaired) electrons. The van der Waals surface area contributed by atoms with E-state index in [9.17, 15) is 19.2 Å². The third kappa shape index (κ3) is 3.13. The maximum absolute atomic E-state index is 11.7. The minimum atomic E-state index is -1.21. The second-order valence-electron chi connectivity index (χ2n) is 4.06. The molecule has 4 amide bonds. The van der Waals surface area contributed by atoms with Crippen molar-refractivity contribution in [1.82, 2.24) is 15.5 Å². The predicted molar refractivity (Wildman–Crippen MR) is 62.6 cm³/mol. The first-order valence-corrected chi connectivity index (χ1v) is 5.63. The van der Waals surface area contributed by atoms with Gasteiger partial charge in [0.25, 0.3) is 0 Å². The van der Waals surface area contributed by atoms with Crippen molar-refractivity contribution in [2.45, 2.75) is 6.54 Å². The predicted octanol–water partition coefficient (Wildman–Crippen LogP) is -0.854. The number of carbonyl (C=O) groups excluding carboxylic acids is 3. The van der Waals surface area contributed by atoms with Crippen LogP contribution in [0.3, 0.4) is 0 Å². The normalized spacial score (nSPS) is 14.9. The summed E-state index contributed by atoms with van der Waals surface area (Å²) in [6.07, 6.45) is 0. The van der Waals surface area contributed by atoms with Crippen molar-refractivity contribution < 1.29 is 28.7 Å². The van der Waals surface area contributed by atoms with Crippen LogP contribution >= 0.6 is 0 Å². The average Bonchev–Trinajstić information content (AvgIpc) is 2.83. The van der Waals surface area contributed by atoms with Gasteiger partial charge in [-0.3, -0.25) is 14.9 Å². The summed E-state index contributed by atoms with van der Waals surface area (Å²) in [5.41, 5.74) is 0. The molecule has 0 atom stereocenters. The van der Waals surface area contributed by atoms with Gasteiger partial charge in [-0.2, -0.15) is 0 Å². The van der Waals surface area contributed by atoms with Gasteiger partial charge in [0.15, 0.2) is 0 Å². The van der Waals surface area contributed by atoms with E-state index < -0.39 is 23.8 Å². The average molecular weight is 281 g/mol. The monoisotopic (exact) mass is 281 g/mol. The first-order chi connectivity index (χ1) is 9.45.